The number of esters is 1. The third-order valence-corrected chi connectivity index (χ3v) is 5.73. The minimum absolute atomic E-state index is 0.0338. The molecule has 2 rings (SSSR count). The van der Waals surface area contributed by atoms with E-state index >= 15 is 0 Å². The normalized spacial score (nSPS) is 32.9. The number of rotatable bonds is 2. The van der Waals surface area contributed by atoms with E-state index in [2.05, 4.69) is 20.8 Å². The summed E-state index contributed by atoms with van der Waals surface area (Å²) in [6.45, 7) is 8.65. The zero-order valence-electron chi connectivity index (χ0n) is 13.3. The van der Waals surface area contributed by atoms with Gasteiger partial charge in [0.2, 0.25) is 0 Å². The van der Waals surface area contributed by atoms with Crippen molar-refractivity contribution < 1.29 is 14.3 Å². The lowest BCUT2D eigenvalue weighted by molar-refractivity contribution is -0.140. The van der Waals surface area contributed by atoms with Gasteiger partial charge in [0.1, 0.15) is 0 Å². The van der Waals surface area contributed by atoms with Gasteiger partial charge in [-0.1, -0.05) is 27.2 Å². The second-order valence-electron chi connectivity index (χ2n) is 7.30. The third-order valence-electron chi connectivity index (χ3n) is 5.73. The molecule has 0 N–H and O–H groups in total. The fourth-order valence-electron chi connectivity index (χ4n) is 4.47. The molecular formula is C17H26O3. The molecule has 0 unspecified atom stereocenters. The monoisotopic (exact) mass is 278 g/mol. The maximum absolute atomic E-state index is 12.3. The van der Waals surface area contributed by atoms with Gasteiger partial charge in [-0.2, -0.15) is 0 Å². The summed E-state index contributed by atoms with van der Waals surface area (Å²) in [5.74, 6) is 0.304. The van der Waals surface area contributed by atoms with E-state index in [9.17, 15) is 9.59 Å². The van der Waals surface area contributed by atoms with Crippen molar-refractivity contribution in [1.29, 1.82) is 0 Å². The van der Waals surface area contributed by atoms with Crippen molar-refractivity contribution in [3.63, 3.8) is 0 Å². The summed E-state index contributed by atoms with van der Waals surface area (Å²) < 4.78 is 4.83. The average Bonchev–Trinajstić information content (AvgIpc) is 2.37. The maximum atomic E-state index is 12.3. The summed E-state index contributed by atoms with van der Waals surface area (Å²) in [4.78, 5) is 24.1. The van der Waals surface area contributed by atoms with E-state index in [-0.39, 0.29) is 29.0 Å². The van der Waals surface area contributed by atoms with Crippen LogP contribution in [0.25, 0.3) is 0 Å². The molecule has 0 aliphatic heterocycles. The highest BCUT2D eigenvalue weighted by Crippen LogP contribution is 2.59. The average molecular weight is 278 g/mol. The zero-order valence-corrected chi connectivity index (χ0v) is 13.3. The van der Waals surface area contributed by atoms with E-state index in [4.69, 9.17) is 4.74 Å². The van der Waals surface area contributed by atoms with E-state index in [1.54, 1.807) is 0 Å². The molecule has 0 heterocycles. The van der Waals surface area contributed by atoms with Crippen LogP contribution in [0.5, 0.6) is 0 Å². The first-order valence-electron chi connectivity index (χ1n) is 7.52. The Hall–Kier alpha value is -1.12. The van der Waals surface area contributed by atoms with Gasteiger partial charge in [0.25, 0.3) is 0 Å². The van der Waals surface area contributed by atoms with Gasteiger partial charge in [0.15, 0.2) is 5.78 Å². The lowest BCUT2D eigenvalue weighted by atomic mass is 9.50. The van der Waals surface area contributed by atoms with Gasteiger partial charge >= 0.3 is 5.97 Å². The van der Waals surface area contributed by atoms with Crippen LogP contribution in [0.1, 0.15) is 59.8 Å². The highest BCUT2D eigenvalue weighted by atomic mass is 16.5. The minimum atomic E-state index is -0.239. The van der Waals surface area contributed by atoms with Gasteiger partial charge in [0.05, 0.1) is 13.5 Å². The number of allylic oxidation sites excluding steroid dienone is 1. The van der Waals surface area contributed by atoms with E-state index in [0.717, 1.165) is 30.4 Å². The summed E-state index contributed by atoms with van der Waals surface area (Å²) in [5, 5.41) is 0. The van der Waals surface area contributed by atoms with Gasteiger partial charge in [-0.25, -0.2) is 0 Å². The van der Waals surface area contributed by atoms with Crippen LogP contribution in [-0.4, -0.2) is 18.9 Å². The number of fused-ring (bicyclic) bond motifs is 1. The van der Waals surface area contributed by atoms with Crippen LogP contribution in [0, 0.1) is 16.7 Å². The van der Waals surface area contributed by atoms with Crippen LogP contribution in [-0.2, 0) is 14.3 Å². The molecule has 0 aromatic rings. The van der Waals surface area contributed by atoms with Crippen molar-refractivity contribution in [2.45, 2.75) is 59.8 Å². The molecule has 112 valence electrons. The molecular weight excluding hydrogens is 252 g/mol. The van der Waals surface area contributed by atoms with Crippen LogP contribution in [0.3, 0.4) is 0 Å². The summed E-state index contributed by atoms with van der Waals surface area (Å²) in [6.07, 6.45) is 4.27. The molecule has 0 aromatic carbocycles. The number of Topliss-reactive ketones (excluding diaryl/α,β-unsaturated/α-hetero) is 1. The number of hydrogen-bond acceptors (Lipinski definition) is 3. The summed E-state index contributed by atoms with van der Waals surface area (Å²) in [5.41, 5.74) is 1.95. The molecule has 1 saturated carbocycles. The molecule has 1 fully saturated rings. The van der Waals surface area contributed by atoms with Crippen molar-refractivity contribution in [3.8, 4) is 0 Å². The van der Waals surface area contributed by atoms with Crippen molar-refractivity contribution in [2.24, 2.45) is 16.7 Å². The smallest absolute Gasteiger partial charge is 0.309 e. The van der Waals surface area contributed by atoms with E-state index < -0.39 is 0 Å². The molecule has 0 saturated heterocycles. The highest BCUT2D eigenvalue weighted by molar-refractivity contribution is 5.98. The lowest BCUT2D eigenvalue weighted by Crippen LogP contribution is -2.47. The molecule has 2 aliphatic carbocycles. The third kappa shape index (κ3) is 2.32. The van der Waals surface area contributed by atoms with Gasteiger partial charge in [-0.3, -0.25) is 9.59 Å². The van der Waals surface area contributed by atoms with Crippen LogP contribution in [0.15, 0.2) is 11.1 Å². The number of hydrogen-bond donors (Lipinski definition) is 0. The van der Waals surface area contributed by atoms with Gasteiger partial charge in [-0.15, -0.1) is 0 Å². The van der Waals surface area contributed by atoms with E-state index in [1.165, 1.54) is 7.11 Å². The predicted molar refractivity (Wildman–Crippen MR) is 78.2 cm³/mol. The molecule has 0 amide bonds. The molecule has 0 bridgehead atoms. The largest absolute Gasteiger partial charge is 0.469 e. The number of ether oxygens (including phenoxy) is 1. The Kier molecular flexibility index (Phi) is 3.83. The Morgan fingerprint density at radius 2 is 1.95 bits per heavy atom. The molecule has 2 aliphatic rings. The molecule has 0 aromatic heterocycles. The minimum Gasteiger partial charge on any atom is -0.469 e. The summed E-state index contributed by atoms with van der Waals surface area (Å²) in [6, 6.07) is 0. The quantitative estimate of drug-likeness (QED) is 0.724. The lowest BCUT2D eigenvalue weighted by Gasteiger charge is -2.54. The first-order chi connectivity index (χ1) is 9.22. The zero-order chi connectivity index (χ0) is 15.1. The molecule has 20 heavy (non-hydrogen) atoms. The first-order valence-corrected chi connectivity index (χ1v) is 7.52. The van der Waals surface area contributed by atoms with Gasteiger partial charge in [0, 0.05) is 6.42 Å². The molecule has 3 heteroatoms. The SMILES string of the molecule is COC(=O)CC1=C(C)C(=O)C[C@H]2C(C)(C)CCC[C@@]12C. The first kappa shape index (κ1) is 15.3. The topological polar surface area (TPSA) is 43.4 Å². The number of ketones is 1. The number of carbonyl (C=O) groups excluding carboxylic acids is 2. The predicted octanol–water partition coefficient (Wildman–Crippen LogP) is 3.67. The van der Waals surface area contributed by atoms with Gasteiger partial charge < -0.3 is 4.74 Å². The standard InChI is InChI=1S/C17H26O3/c1-11-12(9-15(19)20-5)17(4)8-6-7-16(2,3)14(17)10-13(11)18/h14H,6-10H2,1-5H3/t14-,17-/m0/s1. The van der Waals surface area contributed by atoms with E-state index in [0.29, 0.717) is 12.3 Å². The number of methoxy groups -OCH3 is 1. The Morgan fingerprint density at radius 1 is 1.30 bits per heavy atom. The van der Waals surface area contributed by atoms with Crippen LogP contribution >= 0.6 is 0 Å². The molecule has 2 atom stereocenters. The van der Waals surface area contributed by atoms with Crippen molar-refractivity contribution in [1.82, 2.24) is 0 Å². The highest BCUT2D eigenvalue weighted by Gasteiger charge is 2.52. The second kappa shape index (κ2) is 5.01. The summed E-state index contributed by atoms with van der Waals surface area (Å²) >= 11 is 0. The maximum Gasteiger partial charge on any atom is 0.309 e. The fourth-order valence-corrected chi connectivity index (χ4v) is 4.47. The second-order valence-corrected chi connectivity index (χ2v) is 7.30. The Morgan fingerprint density at radius 3 is 2.55 bits per heavy atom. The van der Waals surface area contributed by atoms with Crippen LogP contribution in [0.4, 0.5) is 0 Å². The summed E-state index contributed by atoms with van der Waals surface area (Å²) in [7, 11) is 1.41. The van der Waals surface area contributed by atoms with Crippen molar-refractivity contribution in [3.05, 3.63) is 11.1 Å². The van der Waals surface area contributed by atoms with E-state index in [1.807, 2.05) is 6.92 Å². The number of carbonyl (C=O) groups is 2. The van der Waals surface area contributed by atoms with Crippen LogP contribution in [0.2, 0.25) is 0 Å². The Bertz CT molecular complexity index is 473. The molecule has 3 nitrogen and oxygen atoms in total. The Labute approximate surface area is 121 Å². The van der Waals surface area contributed by atoms with Crippen molar-refractivity contribution in [2.75, 3.05) is 7.11 Å². The molecule has 0 radical (unpaired) electrons. The molecule has 0 spiro atoms. The van der Waals surface area contributed by atoms with Crippen LogP contribution < -0.4 is 0 Å². The van der Waals surface area contributed by atoms with Crippen molar-refractivity contribution >= 4 is 11.8 Å². The van der Waals surface area contributed by atoms with Gasteiger partial charge in [-0.05, 0) is 47.7 Å². The Balaban J connectivity index is 2.47. The fraction of sp³-hybridized carbons (Fsp3) is 0.765.